The molecule has 1 aliphatic carbocycles. The Kier molecular flexibility index (Phi) is 3.11. The van der Waals surface area contributed by atoms with Crippen LogP contribution in [0.5, 0.6) is 0 Å². The minimum atomic E-state index is -0.267. The monoisotopic (exact) mass is 278 g/mol. The van der Waals surface area contributed by atoms with E-state index in [1.807, 2.05) is 4.90 Å². The zero-order valence-electron chi connectivity index (χ0n) is 12.9. The molecule has 112 valence electrons. The molecular weight excluding hydrogens is 252 g/mol. The maximum Gasteiger partial charge on any atom is 0.312 e. The zero-order valence-corrected chi connectivity index (χ0v) is 12.9. The van der Waals surface area contributed by atoms with Crippen LogP contribution >= 0.6 is 0 Å². The predicted molar refractivity (Wildman–Crippen MR) is 77.1 cm³/mol. The predicted octanol–water partition coefficient (Wildman–Crippen LogP) is 2.04. The van der Waals surface area contributed by atoms with Gasteiger partial charge in [-0.3, -0.25) is 9.59 Å². The molecule has 0 aromatic heterocycles. The second-order valence-electron chi connectivity index (χ2n) is 8.15. The standard InChI is InChI=1S/C16H26N2O2/c1-15(2)8-12-9-16(3,10-15)11-18(12)14(20)13(19)17-6-4-5-7-17/h12H,4-11H2,1-3H3. The molecule has 2 amide bonds. The van der Waals surface area contributed by atoms with Crippen molar-refractivity contribution < 1.29 is 9.59 Å². The van der Waals surface area contributed by atoms with E-state index in [4.69, 9.17) is 0 Å². The van der Waals surface area contributed by atoms with Crippen LogP contribution in [-0.2, 0) is 9.59 Å². The van der Waals surface area contributed by atoms with E-state index in [0.29, 0.717) is 0 Å². The summed E-state index contributed by atoms with van der Waals surface area (Å²) >= 11 is 0. The van der Waals surface area contributed by atoms with Gasteiger partial charge < -0.3 is 9.80 Å². The number of hydrogen-bond acceptors (Lipinski definition) is 2. The molecule has 3 aliphatic rings. The van der Waals surface area contributed by atoms with Crippen molar-refractivity contribution in [2.75, 3.05) is 19.6 Å². The zero-order chi connectivity index (χ0) is 14.5. The lowest BCUT2D eigenvalue weighted by molar-refractivity contribution is -0.151. The van der Waals surface area contributed by atoms with Crippen molar-refractivity contribution in [3.8, 4) is 0 Å². The Morgan fingerprint density at radius 3 is 2.30 bits per heavy atom. The number of fused-ring (bicyclic) bond motifs is 2. The van der Waals surface area contributed by atoms with Crippen molar-refractivity contribution in [1.29, 1.82) is 0 Å². The Bertz CT molecular complexity index is 440. The lowest BCUT2D eigenvalue weighted by Gasteiger charge is -2.39. The average molecular weight is 278 g/mol. The van der Waals surface area contributed by atoms with E-state index < -0.39 is 0 Å². The number of carbonyl (C=O) groups excluding carboxylic acids is 2. The van der Waals surface area contributed by atoms with Crippen LogP contribution in [-0.4, -0.2) is 47.3 Å². The van der Waals surface area contributed by atoms with E-state index in [1.165, 1.54) is 0 Å². The minimum absolute atomic E-state index is 0.202. The summed E-state index contributed by atoms with van der Waals surface area (Å²) in [6, 6.07) is 0.266. The van der Waals surface area contributed by atoms with Crippen LogP contribution in [0.2, 0.25) is 0 Å². The van der Waals surface area contributed by atoms with Crippen molar-refractivity contribution >= 4 is 11.8 Å². The van der Waals surface area contributed by atoms with Gasteiger partial charge in [0, 0.05) is 25.7 Å². The Labute approximate surface area is 121 Å². The first-order valence-electron chi connectivity index (χ1n) is 7.90. The van der Waals surface area contributed by atoms with Gasteiger partial charge in [0.1, 0.15) is 0 Å². The second-order valence-corrected chi connectivity index (χ2v) is 8.15. The van der Waals surface area contributed by atoms with Gasteiger partial charge in [-0.25, -0.2) is 0 Å². The molecular formula is C16H26N2O2. The molecule has 20 heavy (non-hydrogen) atoms. The quantitative estimate of drug-likeness (QED) is 0.636. The van der Waals surface area contributed by atoms with Crippen molar-refractivity contribution in [2.24, 2.45) is 10.8 Å². The Morgan fingerprint density at radius 1 is 1.00 bits per heavy atom. The molecule has 2 bridgehead atoms. The molecule has 2 heterocycles. The maximum atomic E-state index is 12.6. The van der Waals surface area contributed by atoms with Crippen LogP contribution in [0.1, 0.15) is 52.9 Å². The van der Waals surface area contributed by atoms with Gasteiger partial charge in [-0.1, -0.05) is 20.8 Å². The van der Waals surface area contributed by atoms with Gasteiger partial charge in [0.15, 0.2) is 0 Å². The van der Waals surface area contributed by atoms with Gasteiger partial charge in [0.05, 0.1) is 0 Å². The van der Waals surface area contributed by atoms with Crippen LogP contribution in [0.15, 0.2) is 0 Å². The van der Waals surface area contributed by atoms with Gasteiger partial charge in [0.2, 0.25) is 0 Å². The summed E-state index contributed by atoms with van der Waals surface area (Å²) in [5.74, 6) is -0.519. The summed E-state index contributed by atoms with van der Waals surface area (Å²) in [5, 5.41) is 0. The molecule has 0 aromatic carbocycles. The lowest BCUT2D eigenvalue weighted by atomic mass is 9.65. The molecule has 2 atom stereocenters. The summed E-state index contributed by atoms with van der Waals surface area (Å²) < 4.78 is 0. The fourth-order valence-electron chi connectivity index (χ4n) is 4.88. The van der Waals surface area contributed by atoms with E-state index in [-0.39, 0.29) is 28.7 Å². The number of likely N-dealkylation sites (tertiary alicyclic amines) is 2. The van der Waals surface area contributed by atoms with Gasteiger partial charge in [-0.05, 0) is 42.9 Å². The summed E-state index contributed by atoms with van der Waals surface area (Å²) in [6.45, 7) is 9.12. The molecule has 2 unspecified atom stereocenters. The highest BCUT2D eigenvalue weighted by Gasteiger charge is 2.52. The largest absolute Gasteiger partial charge is 0.334 e. The summed E-state index contributed by atoms with van der Waals surface area (Å²) in [7, 11) is 0. The molecule has 4 nitrogen and oxygen atoms in total. The second kappa shape index (κ2) is 4.47. The third-order valence-electron chi connectivity index (χ3n) is 5.25. The van der Waals surface area contributed by atoms with Crippen LogP contribution < -0.4 is 0 Å². The number of hydrogen-bond donors (Lipinski definition) is 0. The van der Waals surface area contributed by atoms with E-state index in [0.717, 1.165) is 51.7 Å². The van der Waals surface area contributed by atoms with Crippen molar-refractivity contribution in [2.45, 2.75) is 58.9 Å². The fourth-order valence-corrected chi connectivity index (χ4v) is 4.88. The molecule has 3 fully saturated rings. The van der Waals surface area contributed by atoms with Gasteiger partial charge >= 0.3 is 11.8 Å². The van der Waals surface area contributed by atoms with Crippen LogP contribution in [0.3, 0.4) is 0 Å². The van der Waals surface area contributed by atoms with Gasteiger partial charge in [-0.15, -0.1) is 0 Å². The van der Waals surface area contributed by atoms with Crippen molar-refractivity contribution in [3.63, 3.8) is 0 Å². The number of rotatable bonds is 0. The first-order valence-corrected chi connectivity index (χ1v) is 7.90. The topological polar surface area (TPSA) is 40.6 Å². The molecule has 0 aromatic rings. The molecule has 2 aliphatic heterocycles. The van der Waals surface area contributed by atoms with Crippen LogP contribution in [0.25, 0.3) is 0 Å². The molecule has 2 saturated heterocycles. The van der Waals surface area contributed by atoms with E-state index >= 15 is 0 Å². The van der Waals surface area contributed by atoms with Crippen molar-refractivity contribution in [1.82, 2.24) is 9.80 Å². The van der Waals surface area contributed by atoms with E-state index in [9.17, 15) is 9.59 Å². The molecule has 0 radical (unpaired) electrons. The fraction of sp³-hybridized carbons (Fsp3) is 0.875. The summed E-state index contributed by atoms with van der Waals surface area (Å²) in [6.07, 6.45) is 5.32. The highest BCUT2D eigenvalue weighted by atomic mass is 16.2. The molecule has 3 rings (SSSR count). The van der Waals surface area contributed by atoms with Crippen LogP contribution in [0.4, 0.5) is 0 Å². The maximum absolute atomic E-state index is 12.6. The summed E-state index contributed by atoms with van der Waals surface area (Å²) in [5.41, 5.74) is 0.483. The first-order chi connectivity index (χ1) is 9.30. The number of nitrogens with zero attached hydrogens (tertiary/aromatic N) is 2. The average Bonchev–Trinajstić information content (AvgIpc) is 2.92. The van der Waals surface area contributed by atoms with E-state index in [1.54, 1.807) is 4.90 Å². The smallest absolute Gasteiger partial charge is 0.312 e. The SMILES string of the molecule is CC1(C)CC2CC(C)(CN2C(=O)C(=O)N2CCCC2)C1. The lowest BCUT2D eigenvalue weighted by Crippen LogP contribution is -2.46. The Hall–Kier alpha value is -1.06. The number of carbonyl (C=O) groups is 2. The third-order valence-corrected chi connectivity index (χ3v) is 5.25. The molecule has 4 heteroatoms. The van der Waals surface area contributed by atoms with Gasteiger partial charge in [0.25, 0.3) is 0 Å². The Morgan fingerprint density at radius 2 is 1.65 bits per heavy atom. The Balaban J connectivity index is 1.75. The molecule has 0 spiro atoms. The summed E-state index contributed by atoms with van der Waals surface area (Å²) in [4.78, 5) is 28.5. The van der Waals surface area contributed by atoms with E-state index in [2.05, 4.69) is 20.8 Å². The highest BCUT2D eigenvalue weighted by Crippen LogP contribution is 2.52. The minimum Gasteiger partial charge on any atom is -0.334 e. The highest BCUT2D eigenvalue weighted by molar-refractivity contribution is 6.35. The molecule has 1 saturated carbocycles. The van der Waals surface area contributed by atoms with Gasteiger partial charge in [-0.2, -0.15) is 0 Å². The molecule has 0 N–H and O–H groups in total. The normalized spacial score (nSPS) is 35.5. The first kappa shape index (κ1) is 13.9. The third kappa shape index (κ3) is 2.33. The number of amides is 2. The van der Waals surface area contributed by atoms with Crippen LogP contribution in [0, 0.1) is 10.8 Å². The van der Waals surface area contributed by atoms with Crippen molar-refractivity contribution in [3.05, 3.63) is 0 Å².